The van der Waals surface area contributed by atoms with E-state index in [0.29, 0.717) is 0 Å². The number of aromatic nitrogens is 2. The number of aliphatic hydroxyl groups is 1. The van der Waals surface area contributed by atoms with Gasteiger partial charge in [0.2, 0.25) is 5.91 Å². The van der Waals surface area contributed by atoms with E-state index in [4.69, 9.17) is 9.05 Å². The Bertz CT molecular complexity index is 807. The van der Waals surface area contributed by atoms with Gasteiger partial charge in [0, 0.05) is 38.8 Å². The Morgan fingerprint density at radius 3 is 2.72 bits per heavy atom. The molecule has 1 amide bonds. The van der Waals surface area contributed by atoms with Crippen molar-refractivity contribution in [2.75, 3.05) is 20.8 Å². The Balaban J connectivity index is 2.16. The van der Waals surface area contributed by atoms with Gasteiger partial charge < -0.3 is 19.1 Å². The van der Waals surface area contributed by atoms with Crippen LogP contribution in [0.1, 0.15) is 6.42 Å². The zero-order valence-electron chi connectivity index (χ0n) is 13.8. The number of hydrogen-bond donors (Lipinski definition) is 2. The molecule has 0 saturated carbocycles. The highest BCUT2D eigenvalue weighted by atomic mass is 31.2. The molecule has 1 fully saturated rings. The number of nitrogens with one attached hydrogen (secondary N) is 1. The van der Waals surface area contributed by atoms with Gasteiger partial charge >= 0.3 is 13.3 Å². The Morgan fingerprint density at radius 2 is 2.12 bits per heavy atom. The van der Waals surface area contributed by atoms with Crippen molar-refractivity contribution in [1.82, 2.24) is 14.5 Å². The molecule has 1 aliphatic heterocycles. The van der Waals surface area contributed by atoms with E-state index >= 15 is 0 Å². The monoisotopic (exact) mass is 373 g/mol. The minimum Gasteiger partial charge on any atom is -0.391 e. The van der Waals surface area contributed by atoms with Crippen molar-refractivity contribution >= 4 is 13.5 Å². The van der Waals surface area contributed by atoms with Gasteiger partial charge in [-0.05, 0) is 6.42 Å². The topological polar surface area (TPSA) is 131 Å². The van der Waals surface area contributed by atoms with Crippen LogP contribution < -0.4 is 11.2 Å². The number of amides is 1. The third-order valence-electron chi connectivity index (χ3n) is 3.84. The van der Waals surface area contributed by atoms with Crippen molar-refractivity contribution in [3.63, 3.8) is 0 Å². The van der Waals surface area contributed by atoms with Gasteiger partial charge in [-0.3, -0.25) is 23.7 Å². The van der Waals surface area contributed by atoms with Crippen molar-refractivity contribution in [2.24, 2.45) is 0 Å². The predicted molar refractivity (Wildman–Crippen MR) is 88.2 cm³/mol. The van der Waals surface area contributed by atoms with E-state index < -0.39 is 36.9 Å². The first-order valence-electron chi connectivity index (χ1n) is 7.46. The fraction of sp³-hybridized carbons (Fsp3) is 0.500. The molecule has 1 aromatic heterocycles. The Kier molecular flexibility index (Phi) is 6.12. The summed E-state index contributed by atoms with van der Waals surface area (Å²) in [5.74, 6) is 0.812. The molecule has 0 radical (unpaired) electrons. The second-order valence-corrected chi connectivity index (χ2v) is 7.60. The Hall–Kier alpha value is -2.00. The van der Waals surface area contributed by atoms with Crippen LogP contribution in [-0.2, 0) is 25.0 Å². The SMILES string of the molecule is COP(=O)(/C=C/[C@@H]1C[C@@H](O)CN1C(=O)Cn1ccc(=O)[nH]c1=O)OC. The standard InChI is InChI=1S/C14H20N3O7P/c1-23-25(22,24-2)6-4-10-7-11(18)8-17(10)13(20)9-16-5-3-12(19)15-14(16)21/h3-6,10-11,18H,7-9H2,1-2H3,(H,15,19,21)/b6-4+/t10-,11-/m1/s1. The summed E-state index contributed by atoms with van der Waals surface area (Å²) in [5.41, 5.74) is -1.25. The molecule has 1 saturated heterocycles. The summed E-state index contributed by atoms with van der Waals surface area (Å²) in [6.45, 7) is -0.213. The molecule has 0 unspecified atom stereocenters. The highest BCUT2D eigenvalue weighted by molar-refractivity contribution is 7.57. The first kappa shape index (κ1) is 19.3. The highest BCUT2D eigenvalue weighted by Gasteiger charge is 2.33. The Morgan fingerprint density at radius 1 is 1.44 bits per heavy atom. The molecule has 11 heteroatoms. The zero-order chi connectivity index (χ0) is 18.6. The molecular formula is C14H20N3O7P. The lowest BCUT2D eigenvalue weighted by molar-refractivity contribution is -0.132. The predicted octanol–water partition coefficient (Wildman–Crippen LogP) is -0.502. The molecule has 0 aliphatic carbocycles. The first-order chi connectivity index (χ1) is 11.8. The van der Waals surface area contributed by atoms with Crippen LogP contribution >= 0.6 is 7.60 Å². The molecule has 1 aromatic rings. The average Bonchev–Trinajstić information content (AvgIpc) is 2.96. The fourth-order valence-electron chi connectivity index (χ4n) is 2.52. The number of nitrogens with zero attached hydrogens (tertiary/aromatic N) is 2. The maximum absolute atomic E-state index is 12.5. The lowest BCUT2D eigenvalue weighted by Crippen LogP contribution is -2.40. The van der Waals surface area contributed by atoms with Crippen LogP contribution in [0.5, 0.6) is 0 Å². The van der Waals surface area contributed by atoms with Gasteiger partial charge in [0.25, 0.3) is 5.56 Å². The van der Waals surface area contributed by atoms with Gasteiger partial charge in [-0.1, -0.05) is 6.08 Å². The molecule has 25 heavy (non-hydrogen) atoms. The third kappa shape index (κ3) is 4.76. The Labute approximate surface area is 143 Å². The molecule has 2 heterocycles. The maximum atomic E-state index is 12.5. The molecule has 0 aromatic carbocycles. The average molecular weight is 373 g/mol. The molecule has 2 N–H and O–H groups in total. The second-order valence-electron chi connectivity index (χ2n) is 5.49. The lowest BCUT2D eigenvalue weighted by Gasteiger charge is -2.22. The van der Waals surface area contributed by atoms with Crippen LogP contribution in [0.15, 0.2) is 33.7 Å². The summed E-state index contributed by atoms with van der Waals surface area (Å²) in [7, 11) is -0.906. The van der Waals surface area contributed by atoms with Gasteiger partial charge in [0.05, 0.1) is 12.1 Å². The van der Waals surface area contributed by atoms with Crippen LogP contribution in [0.3, 0.4) is 0 Å². The normalized spacial score (nSPS) is 21.2. The summed E-state index contributed by atoms with van der Waals surface area (Å²) in [6, 6.07) is 0.623. The number of carbonyl (C=O) groups excluding carboxylic acids is 1. The summed E-state index contributed by atoms with van der Waals surface area (Å²) in [6.07, 6.45) is 2.23. The van der Waals surface area contributed by atoms with E-state index in [-0.39, 0.29) is 19.5 Å². The van der Waals surface area contributed by atoms with E-state index in [9.17, 15) is 24.1 Å². The van der Waals surface area contributed by atoms with Crippen molar-refractivity contribution in [3.05, 3.63) is 45.0 Å². The summed E-state index contributed by atoms with van der Waals surface area (Å²) < 4.78 is 22.7. The van der Waals surface area contributed by atoms with E-state index in [1.807, 2.05) is 0 Å². The van der Waals surface area contributed by atoms with Crippen molar-refractivity contribution in [2.45, 2.75) is 25.1 Å². The van der Waals surface area contributed by atoms with Gasteiger partial charge in [0.1, 0.15) is 6.54 Å². The number of likely N-dealkylation sites (tertiary alicyclic amines) is 1. The van der Waals surface area contributed by atoms with E-state index in [0.717, 1.165) is 10.6 Å². The van der Waals surface area contributed by atoms with Crippen molar-refractivity contribution < 1.29 is 23.5 Å². The summed E-state index contributed by atoms with van der Waals surface area (Å²) in [5, 5.41) is 9.84. The van der Waals surface area contributed by atoms with Gasteiger partial charge in [-0.2, -0.15) is 0 Å². The number of hydrogen-bond acceptors (Lipinski definition) is 7. The minimum atomic E-state index is -3.39. The van der Waals surface area contributed by atoms with E-state index in [1.54, 1.807) is 0 Å². The number of carbonyl (C=O) groups is 1. The summed E-state index contributed by atoms with van der Waals surface area (Å²) in [4.78, 5) is 38.6. The number of β-amino-alcohol motifs (C(OH)–C–C–N with tert-alkyl or cyclic N) is 1. The fourth-order valence-corrected chi connectivity index (χ4v) is 3.32. The van der Waals surface area contributed by atoms with Gasteiger partial charge in [-0.15, -0.1) is 0 Å². The highest BCUT2D eigenvalue weighted by Crippen LogP contribution is 2.48. The number of H-pyrrole nitrogens is 1. The maximum Gasteiger partial charge on any atom is 0.353 e. The third-order valence-corrected chi connectivity index (χ3v) is 5.40. The lowest BCUT2D eigenvalue weighted by atomic mass is 10.2. The van der Waals surface area contributed by atoms with Crippen LogP contribution in [0.25, 0.3) is 0 Å². The van der Waals surface area contributed by atoms with E-state index in [1.165, 1.54) is 37.2 Å². The van der Waals surface area contributed by atoms with E-state index in [2.05, 4.69) is 4.98 Å². The molecule has 2 atom stereocenters. The molecular weight excluding hydrogens is 353 g/mol. The number of aliphatic hydroxyl groups excluding tert-OH is 1. The molecule has 10 nitrogen and oxygen atoms in total. The molecule has 138 valence electrons. The molecule has 1 aliphatic rings. The quantitative estimate of drug-likeness (QED) is 0.643. The molecule has 0 bridgehead atoms. The largest absolute Gasteiger partial charge is 0.391 e. The smallest absolute Gasteiger partial charge is 0.353 e. The summed E-state index contributed by atoms with van der Waals surface area (Å²) >= 11 is 0. The number of aromatic amines is 1. The van der Waals surface area contributed by atoms with Gasteiger partial charge in [0.15, 0.2) is 0 Å². The van der Waals surface area contributed by atoms with Crippen LogP contribution in [0, 0.1) is 0 Å². The molecule has 2 rings (SSSR count). The van der Waals surface area contributed by atoms with Crippen LogP contribution in [0.2, 0.25) is 0 Å². The minimum absolute atomic E-state index is 0.0796. The first-order valence-corrected chi connectivity index (χ1v) is 9.07. The van der Waals surface area contributed by atoms with Crippen LogP contribution in [-0.4, -0.2) is 58.4 Å². The van der Waals surface area contributed by atoms with Crippen molar-refractivity contribution in [1.29, 1.82) is 0 Å². The molecule has 0 spiro atoms. The zero-order valence-corrected chi connectivity index (χ0v) is 14.7. The van der Waals surface area contributed by atoms with Crippen molar-refractivity contribution in [3.8, 4) is 0 Å². The second kappa shape index (κ2) is 7.92. The van der Waals surface area contributed by atoms with Gasteiger partial charge in [-0.25, -0.2) is 4.79 Å². The van der Waals surface area contributed by atoms with Crippen LogP contribution in [0.4, 0.5) is 0 Å². The number of rotatable bonds is 6.